The quantitative estimate of drug-likeness (QED) is 0.615. The molecule has 76 valence electrons. The molecule has 0 radical (unpaired) electrons. The molecule has 1 amide bonds. The molecule has 0 aliphatic carbocycles. The van der Waals surface area contributed by atoms with Crippen LogP contribution in [0.15, 0.2) is 0 Å². The predicted molar refractivity (Wildman–Crippen MR) is 50.0 cm³/mol. The lowest BCUT2D eigenvalue weighted by Crippen LogP contribution is -2.60. The number of hydrogen-bond donors (Lipinski definition) is 2. The Labute approximate surface area is 79.0 Å². The predicted octanol–water partition coefficient (Wildman–Crippen LogP) is 0.442. The van der Waals surface area contributed by atoms with Crippen molar-refractivity contribution in [3.05, 3.63) is 0 Å². The summed E-state index contributed by atoms with van der Waals surface area (Å²) < 4.78 is 0. The maximum atomic E-state index is 11.5. The van der Waals surface area contributed by atoms with E-state index < -0.39 is 0 Å². The van der Waals surface area contributed by atoms with Crippen LogP contribution < -0.4 is 10.8 Å². The highest BCUT2D eigenvalue weighted by Gasteiger charge is 2.39. The van der Waals surface area contributed by atoms with Gasteiger partial charge in [0.2, 0.25) is 0 Å². The van der Waals surface area contributed by atoms with Gasteiger partial charge in [0.05, 0.1) is 11.0 Å². The van der Waals surface area contributed by atoms with Crippen LogP contribution in [0.1, 0.15) is 27.7 Å². The molecule has 0 atom stereocenters. The summed E-state index contributed by atoms with van der Waals surface area (Å²) in [7, 11) is 0. The molecule has 0 bridgehead atoms. The van der Waals surface area contributed by atoms with E-state index in [1.807, 2.05) is 27.7 Å². The number of carbonyl (C=O) groups excluding carboxylic acids is 1. The van der Waals surface area contributed by atoms with Crippen LogP contribution in [0, 0.1) is 5.41 Å². The summed E-state index contributed by atoms with van der Waals surface area (Å²) in [5.41, 5.74) is 1.87. The van der Waals surface area contributed by atoms with E-state index in [0.717, 1.165) is 13.1 Å². The normalized spacial score (nSPS) is 20.6. The molecule has 0 aromatic carbocycles. The Bertz CT molecular complexity index is 204. The molecule has 1 aliphatic heterocycles. The van der Waals surface area contributed by atoms with Gasteiger partial charge in [-0.3, -0.25) is 9.63 Å². The third-order valence-corrected chi connectivity index (χ3v) is 2.03. The highest BCUT2D eigenvalue weighted by Crippen LogP contribution is 2.21. The lowest BCUT2D eigenvalue weighted by Gasteiger charge is -2.37. The van der Waals surface area contributed by atoms with Crippen molar-refractivity contribution < 1.29 is 9.63 Å². The van der Waals surface area contributed by atoms with Crippen LogP contribution >= 0.6 is 0 Å². The van der Waals surface area contributed by atoms with E-state index in [-0.39, 0.29) is 16.9 Å². The zero-order chi connectivity index (χ0) is 10.1. The summed E-state index contributed by atoms with van der Waals surface area (Å²) >= 11 is 0. The molecule has 2 N–H and O–H groups in total. The third-order valence-electron chi connectivity index (χ3n) is 2.03. The third kappa shape index (κ3) is 2.67. The first kappa shape index (κ1) is 10.5. The van der Waals surface area contributed by atoms with E-state index in [2.05, 4.69) is 10.8 Å². The van der Waals surface area contributed by atoms with Crippen molar-refractivity contribution in [1.29, 1.82) is 0 Å². The summed E-state index contributed by atoms with van der Waals surface area (Å²) in [4.78, 5) is 16.7. The molecule has 1 aliphatic rings. The molecule has 1 fully saturated rings. The van der Waals surface area contributed by atoms with Gasteiger partial charge >= 0.3 is 0 Å². The standard InChI is InChI=1S/C9H18N2O2/c1-8(2,3)13-11-7(12)9(4)5-10-6-9/h10H,5-6H2,1-4H3,(H,11,12). The highest BCUT2D eigenvalue weighted by atomic mass is 16.7. The number of hydroxylamine groups is 1. The molecule has 1 rings (SSSR count). The Balaban J connectivity index is 2.34. The van der Waals surface area contributed by atoms with Gasteiger partial charge in [-0.1, -0.05) is 0 Å². The van der Waals surface area contributed by atoms with Crippen LogP contribution in [0.5, 0.6) is 0 Å². The van der Waals surface area contributed by atoms with Crippen LogP contribution in [0.25, 0.3) is 0 Å². The van der Waals surface area contributed by atoms with E-state index in [4.69, 9.17) is 4.84 Å². The molecule has 1 heterocycles. The topological polar surface area (TPSA) is 50.4 Å². The van der Waals surface area contributed by atoms with Crippen LogP contribution in [0.2, 0.25) is 0 Å². The van der Waals surface area contributed by atoms with E-state index in [0.29, 0.717) is 0 Å². The van der Waals surface area contributed by atoms with Crippen molar-refractivity contribution in [3.8, 4) is 0 Å². The minimum Gasteiger partial charge on any atom is -0.315 e. The zero-order valence-electron chi connectivity index (χ0n) is 8.73. The summed E-state index contributed by atoms with van der Waals surface area (Å²) in [6.07, 6.45) is 0. The summed E-state index contributed by atoms with van der Waals surface area (Å²) in [5.74, 6) is -0.0406. The molecule has 13 heavy (non-hydrogen) atoms. The van der Waals surface area contributed by atoms with Crippen molar-refractivity contribution in [2.45, 2.75) is 33.3 Å². The van der Waals surface area contributed by atoms with Crippen molar-refractivity contribution in [2.24, 2.45) is 5.41 Å². The largest absolute Gasteiger partial charge is 0.315 e. The molecule has 0 aromatic heterocycles. The van der Waals surface area contributed by atoms with Gasteiger partial charge in [0.25, 0.3) is 5.91 Å². The Morgan fingerprint density at radius 2 is 2.00 bits per heavy atom. The summed E-state index contributed by atoms with van der Waals surface area (Å²) in [6.45, 7) is 9.07. The van der Waals surface area contributed by atoms with Gasteiger partial charge in [-0.2, -0.15) is 0 Å². The van der Waals surface area contributed by atoms with E-state index in [1.54, 1.807) is 0 Å². The molecule has 4 heteroatoms. The Morgan fingerprint density at radius 1 is 1.46 bits per heavy atom. The van der Waals surface area contributed by atoms with Gasteiger partial charge in [-0.05, 0) is 27.7 Å². The van der Waals surface area contributed by atoms with Gasteiger partial charge in [0.15, 0.2) is 0 Å². The number of amides is 1. The highest BCUT2D eigenvalue weighted by molar-refractivity contribution is 5.82. The van der Waals surface area contributed by atoms with Crippen molar-refractivity contribution >= 4 is 5.91 Å². The fourth-order valence-electron chi connectivity index (χ4n) is 0.983. The van der Waals surface area contributed by atoms with E-state index in [9.17, 15) is 4.79 Å². The average molecular weight is 186 g/mol. The van der Waals surface area contributed by atoms with E-state index in [1.165, 1.54) is 0 Å². The Morgan fingerprint density at radius 3 is 2.31 bits per heavy atom. The fraction of sp³-hybridized carbons (Fsp3) is 0.889. The van der Waals surface area contributed by atoms with Crippen molar-refractivity contribution in [2.75, 3.05) is 13.1 Å². The number of carbonyl (C=O) groups is 1. The van der Waals surface area contributed by atoms with Crippen molar-refractivity contribution in [1.82, 2.24) is 10.8 Å². The first-order valence-corrected chi connectivity index (χ1v) is 4.53. The second-order valence-corrected chi connectivity index (χ2v) is 4.81. The molecular formula is C9H18N2O2. The second-order valence-electron chi connectivity index (χ2n) is 4.81. The number of hydrogen-bond acceptors (Lipinski definition) is 3. The molecular weight excluding hydrogens is 168 g/mol. The maximum Gasteiger partial charge on any atom is 0.252 e. The van der Waals surface area contributed by atoms with E-state index >= 15 is 0 Å². The molecule has 0 unspecified atom stereocenters. The molecule has 0 saturated carbocycles. The van der Waals surface area contributed by atoms with Gasteiger partial charge in [-0.25, -0.2) is 5.48 Å². The Hall–Kier alpha value is -0.610. The molecule has 0 spiro atoms. The molecule has 4 nitrogen and oxygen atoms in total. The van der Waals surface area contributed by atoms with Gasteiger partial charge < -0.3 is 5.32 Å². The minimum atomic E-state index is -0.330. The monoisotopic (exact) mass is 186 g/mol. The SMILES string of the molecule is CC(C)(C)ONC(=O)C1(C)CNC1. The average Bonchev–Trinajstić information content (AvgIpc) is 1.94. The lowest BCUT2D eigenvalue weighted by molar-refractivity contribution is -0.157. The smallest absolute Gasteiger partial charge is 0.252 e. The Kier molecular flexibility index (Phi) is 2.63. The van der Waals surface area contributed by atoms with Crippen LogP contribution in [-0.4, -0.2) is 24.6 Å². The number of rotatable bonds is 2. The van der Waals surface area contributed by atoms with Crippen molar-refractivity contribution in [3.63, 3.8) is 0 Å². The van der Waals surface area contributed by atoms with Gasteiger partial charge in [0, 0.05) is 13.1 Å². The lowest BCUT2D eigenvalue weighted by atomic mass is 9.83. The summed E-state index contributed by atoms with van der Waals surface area (Å²) in [5, 5.41) is 3.06. The molecule has 1 saturated heterocycles. The maximum absolute atomic E-state index is 11.5. The van der Waals surface area contributed by atoms with Crippen LogP contribution in [0.3, 0.4) is 0 Å². The summed E-state index contributed by atoms with van der Waals surface area (Å²) in [6, 6.07) is 0. The number of nitrogens with one attached hydrogen (secondary N) is 2. The first-order chi connectivity index (χ1) is 5.83. The van der Waals surface area contributed by atoms with Crippen LogP contribution in [0.4, 0.5) is 0 Å². The van der Waals surface area contributed by atoms with Gasteiger partial charge in [-0.15, -0.1) is 0 Å². The molecule has 0 aromatic rings. The first-order valence-electron chi connectivity index (χ1n) is 4.53. The van der Waals surface area contributed by atoms with Crippen LogP contribution in [-0.2, 0) is 9.63 Å². The zero-order valence-corrected chi connectivity index (χ0v) is 8.73. The minimum absolute atomic E-state index is 0.0406. The van der Waals surface area contributed by atoms with Gasteiger partial charge in [0.1, 0.15) is 0 Å². The second kappa shape index (κ2) is 3.27. The fourth-order valence-corrected chi connectivity index (χ4v) is 0.983.